The van der Waals surface area contributed by atoms with Gasteiger partial charge in [-0.2, -0.15) is 0 Å². The standard InChI is InChI=1S/C27H36O2/c1-13-6-15(13)17-8-19(17)21-10-23(21)25-12-26(25)24-11-22(24)20-9-18(20)16-7-14(16)4-2-3-5-27(28)29/h2-5,13-26H,6-12H2,1H3,(H,28,29). The van der Waals surface area contributed by atoms with E-state index in [0.717, 1.165) is 65.1 Å². The van der Waals surface area contributed by atoms with Crippen LogP contribution < -0.4 is 0 Å². The minimum Gasteiger partial charge on any atom is -0.478 e. The van der Waals surface area contributed by atoms with Crippen molar-refractivity contribution < 1.29 is 9.90 Å². The molecule has 0 aromatic carbocycles. The number of carboxylic acids is 1. The van der Waals surface area contributed by atoms with Gasteiger partial charge in [0.1, 0.15) is 0 Å². The molecule has 0 heterocycles. The minimum absolute atomic E-state index is 0.738. The van der Waals surface area contributed by atoms with Crippen molar-refractivity contribution in [2.24, 2.45) is 82.9 Å². The van der Waals surface area contributed by atoms with Crippen LogP contribution in [0, 0.1) is 82.9 Å². The summed E-state index contributed by atoms with van der Waals surface area (Å²) in [6.45, 7) is 2.47. The normalized spacial score (nSPS) is 61.0. The molecule has 0 aromatic heterocycles. The highest BCUT2D eigenvalue weighted by Crippen LogP contribution is 2.75. The van der Waals surface area contributed by atoms with Crippen LogP contribution in [0.2, 0.25) is 0 Å². The molecule has 14 atom stereocenters. The Kier molecular flexibility index (Phi) is 3.65. The molecular weight excluding hydrogens is 356 g/mol. The van der Waals surface area contributed by atoms with Crippen LogP contribution in [0.4, 0.5) is 0 Å². The van der Waals surface area contributed by atoms with E-state index in [1.54, 1.807) is 38.2 Å². The average Bonchev–Trinajstić information content (AvgIpc) is 3.43. The van der Waals surface area contributed by atoms with Gasteiger partial charge >= 0.3 is 5.97 Å². The predicted octanol–water partition coefficient (Wildman–Crippen LogP) is 5.66. The number of aliphatic carboxylic acids is 1. The number of hydrogen-bond donors (Lipinski definition) is 1. The quantitative estimate of drug-likeness (QED) is 0.406. The van der Waals surface area contributed by atoms with Crippen molar-refractivity contribution >= 4 is 5.97 Å². The second-order valence-corrected chi connectivity index (χ2v) is 12.3. The second kappa shape index (κ2) is 6.01. The van der Waals surface area contributed by atoms with Crippen LogP contribution in [0.15, 0.2) is 24.3 Å². The van der Waals surface area contributed by atoms with Crippen molar-refractivity contribution in [2.75, 3.05) is 0 Å². The summed E-state index contributed by atoms with van der Waals surface area (Å²) < 4.78 is 0. The highest BCUT2D eigenvalue weighted by Gasteiger charge is 2.68. The molecule has 0 radical (unpaired) electrons. The third-order valence-corrected chi connectivity index (χ3v) is 10.5. The highest BCUT2D eigenvalue weighted by atomic mass is 16.4. The van der Waals surface area contributed by atoms with Gasteiger partial charge in [0.2, 0.25) is 0 Å². The lowest BCUT2D eigenvalue weighted by Crippen LogP contribution is -1.97. The molecular formula is C27H36O2. The number of carbonyl (C=O) groups is 1. The zero-order valence-electron chi connectivity index (χ0n) is 17.7. The summed E-state index contributed by atoms with van der Waals surface area (Å²) in [6, 6.07) is 0. The SMILES string of the molecule is CC1CC1C1CC1C1CC1C1CC1C1CC1C1CC1C1CC1C=CC=CC(=O)O. The Labute approximate surface area is 175 Å². The van der Waals surface area contributed by atoms with Crippen LogP contribution in [0.3, 0.4) is 0 Å². The van der Waals surface area contributed by atoms with Crippen molar-refractivity contribution in [2.45, 2.75) is 51.9 Å². The van der Waals surface area contributed by atoms with Crippen LogP contribution in [-0.4, -0.2) is 11.1 Å². The van der Waals surface area contributed by atoms with Crippen molar-refractivity contribution in [1.82, 2.24) is 0 Å². The molecule has 0 saturated heterocycles. The molecule has 29 heavy (non-hydrogen) atoms. The van der Waals surface area contributed by atoms with E-state index in [0.29, 0.717) is 0 Å². The van der Waals surface area contributed by atoms with Gasteiger partial charge in [0, 0.05) is 6.08 Å². The summed E-state index contributed by atoms with van der Waals surface area (Å²) in [5, 5.41) is 8.65. The van der Waals surface area contributed by atoms with E-state index in [2.05, 4.69) is 13.0 Å². The zero-order chi connectivity index (χ0) is 19.4. The first-order chi connectivity index (χ1) is 14.1. The van der Waals surface area contributed by atoms with Gasteiger partial charge in [-0.25, -0.2) is 4.79 Å². The molecule has 0 amide bonds. The van der Waals surface area contributed by atoms with Gasteiger partial charge in [-0.3, -0.25) is 0 Å². The van der Waals surface area contributed by atoms with Gasteiger partial charge in [0.05, 0.1) is 0 Å². The van der Waals surface area contributed by atoms with Crippen molar-refractivity contribution in [3.05, 3.63) is 24.3 Å². The zero-order valence-corrected chi connectivity index (χ0v) is 17.7. The molecule has 7 saturated carbocycles. The third-order valence-electron chi connectivity index (χ3n) is 10.5. The smallest absolute Gasteiger partial charge is 0.328 e. The highest BCUT2D eigenvalue weighted by molar-refractivity contribution is 5.80. The average molecular weight is 393 g/mol. The topological polar surface area (TPSA) is 37.3 Å². The molecule has 7 aliphatic carbocycles. The van der Waals surface area contributed by atoms with Gasteiger partial charge in [0.15, 0.2) is 0 Å². The number of rotatable bonds is 9. The molecule has 1 N–H and O–H groups in total. The Morgan fingerprint density at radius 3 is 1.45 bits per heavy atom. The maximum atomic E-state index is 10.5. The molecule has 2 heteroatoms. The number of carboxylic acid groups (broad SMARTS) is 1. The first-order valence-electron chi connectivity index (χ1n) is 12.7. The van der Waals surface area contributed by atoms with Gasteiger partial charge in [-0.15, -0.1) is 0 Å². The van der Waals surface area contributed by atoms with Crippen LogP contribution in [0.1, 0.15) is 51.9 Å². The second-order valence-electron chi connectivity index (χ2n) is 12.3. The summed E-state index contributed by atoms with van der Waals surface area (Å²) >= 11 is 0. The molecule has 0 aliphatic heterocycles. The van der Waals surface area contributed by atoms with Crippen LogP contribution in [0.25, 0.3) is 0 Å². The molecule has 2 nitrogen and oxygen atoms in total. The van der Waals surface area contributed by atoms with E-state index in [9.17, 15) is 4.79 Å². The molecule has 7 fully saturated rings. The fourth-order valence-electron chi connectivity index (χ4n) is 8.34. The fraction of sp³-hybridized carbons (Fsp3) is 0.815. The van der Waals surface area contributed by atoms with E-state index in [1.807, 2.05) is 6.08 Å². The minimum atomic E-state index is -0.852. The number of allylic oxidation sites excluding steroid dienone is 3. The van der Waals surface area contributed by atoms with Crippen molar-refractivity contribution in [3.8, 4) is 0 Å². The van der Waals surface area contributed by atoms with Crippen LogP contribution in [0.5, 0.6) is 0 Å². The molecule has 0 spiro atoms. The predicted molar refractivity (Wildman–Crippen MR) is 113 cm³/mol. The van der Waals surface area contributed by atoms with Gasteiger partial charge in [0.25, 0.3) is 0 Å². The van der Waals surface area contributed by atoms with Gasteiger partial charge in [-0.1, -0.05) is 25.2 Å². The molecule has 14 unspecified atom stereocenters. The molecule has 7 aliphatic rings. The summed E-state index contributed by atoms with van der Waals surface area (Å²) in [5.41, 5.74) is 0. The largest absolute Gasteiger partial charge is 0.478 e. The molecule has 0 bridgehead atoms. The van der Waals surface area contributed by atoms with E-state index in [4.69, 9.17) is 5.11 Å². The summed E-state index contributed by atoms with van der Waals surface area (Å²) in [4.78, 5) is 10.5. The first-order valence-corrected chi connectivity index (χ1v) is 12.7. The maximum absolute atomic E-state index is 10.5. The summed E-state index contributed by atoms with van der Waals surface area (Å²) in [7, 11) is 0. The van der Waals surface area contributed by atoms with E-state index < -0.39 is 5.97 Å². The lowest BCUT2D eigenvalue weighted by Gasteiger charge is -2.01. The van der Waals surface area contributed by atoms with Crippen LogP contribution in [-0.2, 0) is 4.79 Å². The van der Waals surface area contributed by atoms with E-state index in [-0.39, 0.29) is 0 Å². The van der Waals surface area contributed by atoms with Crippen LogP contribution >= 0.6 is 0 Å². The summed E-state index contributed by atoms with van der Waals surface area (Å²) in [6.07, 6.45) is 17.9. The Balaban J connectivity index is 0.839. The van der Waals surface area contributed by atoms with E-state index >= 15 is 0 Å². The Morgan fingerprint density at radius 2 is 1.03 bits per heavy atom. The van der Waals surface area contributed by atoms with Crippen molar-refractivity contribution in [1.29, 1.82) is 0 Å². The maximum Gasteiger partial charge on any atom is 0.328 e. The van der Waals surface area contributed by atoms with Gasteiger partial charge in [-0.05, 0) is 128 Å². The summed E-state index contributed by atoms with van der Waals surface area (Å²) in [5.74, 6) is 14.3. The van der Waals surface area contributed by atoms with Gasteiger partial charge < -0.3 is 5.11 Å². The third kappa shape index (κ3) is 3.24. The Bertz CT molecular complexity index is 781. The Hall–Kier alpha value is -1.05. The van der Waals surface area contributed by atoms with E-state index in [1.165, 1.54) is 36.7 Å². The molecule has 7 rings (SSSR count). The number of hydrogen-bond acceptors (Lipinski definition) is 1. The first kappa shape index (κ1) is 17.6. The fourth-order valence-corrected chi connectivity index (χ4v) is 8.34. The van der Waals surface area contributed by atoms with Crippen molar-refractivity contribution in [3.63, 3.8) is 0 Å². The lowest BCUT2D eigenvalue weighted by atomic mass is 10.0. The molecule has 0 aromatic rings. The lowest BCUT2D eigenvalue weighted by molar-refractivity contribution is -0.131. The molecule has 156 valence electrons. The monoisotopic (exact) mass is 392 g/mol. The Morgan fingerprint density at radius 1 is 0.621 bits per heavy atom.